The third-order valence-electron chi connectivity index (χ3n) is 4.06. The molecule has 0 spiro atoms. The van der Waals surface area contributed by atoms with E-state index in [2.05, 4.69) is 26.3 Å². The molecule has 0 amide bonds. The van der Waals surface area contributed by atoms with Gasteiger partial charge in [-0.05, 0) is 31.9 Å². The van der Waals surface area contributed by atoms with Crippen LogP contribution in [0.15, 0.2) is 30.3 Å². The van der Waals surface area contributed by atoms with Gasteiger partial charge in [0.15, 0.2) is 0 Å². The van der Waals surface area contributed by atoms with Crippen LogP contribution in [-0.2, 0) is 0 Å². The van der Waals surface area contributed by atoms with Crippen molar-refractivity contribution in [1.29, 1.82) is 5.26 Å². The van der Waals surface area contributed by atoms with Crippen LogP contribution in [0, 0.1) is 18.3 Å². The summed E-state index contributed by atoms with van der Waals surface area (Å²) in [6.45, 7) is 4.00. The number of nitrogens with zero attached hydrogens (tertiary/aromatic N) is 4. The molecule has 1 aromatic heterocycles. The lowest BCUT2D eigenvalue weighted by Gasteiger charge is -2.22. The molecule has 1 N–H and O–H groups in total. The van der Waals surface area contributed by atoms with Crippen molar-refractivity contribution in [2.24, 2.45) is 0 Å². The average molecular weight is 307 g/mol. The van der Waals surface area contributed by atoms with Gasteiger partial charge in [-0.1, -0.05) is 25.0 Å². The zero-order valence-corrected chi connectivity index (χ0v) is 13.4. The Morgan fingerprint density at radius 2 is 1.83 bits per heavy atom. The first kappa shape index (κ1) is 15.3. The van der Waals surface area contributed by atoms with E-state index in [1.54, 1.807) is 6.07 Å². The smallest absolute Gasteiger partial charge is 0.136 e. The number of para-hydroxylation sites is 1. The van der Waals surface area contributed by atoms with E-state index < -0.39 is 0 Å². The number of rotatable bonds is 3. The molecule has 0 aliphatic carbocycles. The minimum Gasteiger partial charge on any atom is -0.356 e. The maximum Gasteiger partial charge on any atom is 0.136 e. The van der Waals surface area contributed by atoms with Crippen LogP contribution in [0.25, 0.3) is 0 Å². The maximum atomic E-state index is 9.21. The average Bonchev–Trinajstić information content (AvgIpc) is 2.84. The summed E-state index contributed by atoms with van der Waals surface area (Å²) in [6, 6.07) is 11.6. The molecule has 0 saturated carbocycles. The standard InChI is InChI=1S/C18H21N5/c1-14-20-17(22-16-9-5-4-8-15(16)13-19)12-18(21-14)23-10-6-2-3-7-11-23/h4-5,8-9,12H,2-3,6-7,10-11H2,1H3,(H,20,21,22). The fraction of sp³-hybridized carbons (Fsp3) is 0.389. The second kappa shape index (κ2) is 7.10. The predicted octanol–water partition coefficient (Wildman–Crippen LogP) is 3.78. The van der Waals surface area contributed by atoms with E-state index in [4.69, 9.17) is 0 Å². The van der Waals surface area contributed by atoms with Crippen molar-refractivity contribution >= 4 is 17.3 Å². The quantitative estimate of drug-likeness (QED) is 0.934. The molecule has 0 unspecified atom stereocenters. The van der Waals surface area contributed by atoms with Gasteiger partial charge in [-0.15, -0.1) is 0 Å². The number of aryl methyl sites for hydroxylation is 1. The first-order chi connectivity index (χ1) is 11.3. The minimum absolute atomic E-state index is 0.611. The third-order valence-corrected chi connectivity index (χ3v) is 4.06. The normalized spacial score (nSPS) is 14.9. The van der Waals surface area contributed by atoms with Crippen molar-refractivity contribution in [3.63, 3.8) is 0 Å². The van der Waals surface area contributed by atoms with Crippen LogP contribution < -0.4 is 10.2 Å². The van der Waals surface area contributed by atoms with Gasteiger partial charge in [0.25, 0.3) is 0 Å². The molecule has 1 saturated heterocycles. The van der Waals surface area contributed by atoms with Gasteiger partial charge in [0.1, 0.15) is 23.5 Å². The van der Waals surface area contributed by atoms with Crippen molar-refractivity contribution in [3.05, 3.63) is 41.7 Å². The van der Waals surface area contributed by atoms with Crippen molar-refractivity contribution in [2.75, 3.05) is 23.3 Å². The first-order valence-corrected chi connectivity index (χ1v) is 8.13. The van der Waals surface area contributed by atoms with Crippen molar-refractivity contribution < 1.29 is 0 Å². The van der Waals surface area contributed by atoms with Gasteiger partial charge >= 0.3 is 0 Å². The largest absolute Gasteiger partial charge is 0.356 e. The van der Waals surface area contributed by atoms with Gasteiger partial charge < -0.3 is 10.2 Å². The van der Waals surface area contributed by atoms with Gasteiger partial charge in [0.2, 0.25) is 0 Å². The second-order valence-electron chi connectivity index (χ2n) is 5.84. The Labute approximate surface area is 137 Å². The fourth-order valence-corrected chi connectivity index (χ4v) is 2.91. The van der Waals surface area contributed by atoms with Crippen LogP contribution in [0.1, 0.15) is 37.1 Å². The molecule has 1 aromatic carbocycles. The molecule has 3 rings (SSSR count). The number of hydrogen-bond acceptors (Lipinski definition) is 5. The van der Waals surface area contributed by atoms with E-state index >= 15 is 0 Å². The van der Waals surface area contributed by atoms with E-state index in [1.807, 2.05) is 31.2 Å². The van der Waals surface area contributed by atoms with Crippen LogP contribution in [-0.4, -0.2) is 23.1 Å². The van der Waals surface area contributed by atoms with E-state index in [9.17, 15) is 5.26 Å². The van der Waals surface area contributed by atoms with Gasteiger partial charge in [0, 0.05) is 19.2 Å². The summed E-state index contributed by atoms with van der Waals surface area (Å²) >= 11 is 0. The first-order valence-electron chi connectivity index (χ1n) is 8.13. The summed E-state index contributed by atoms with van der Waals surface area (Å²) in [5.41, 5.74) is 1.38. The molecule has 23 heavy (non-hydrogen) atoms. The zero-order valence-electron chi connectivity index (χ0n) is 13.4. The van der Waals surface area contributed by atoms with Crippen LogP contribution >= 0.6 is 0 Å². The lowest BCUT2D eigenvalue weighted by molar-refractivity contribution is 0.726. The Bertz CT molecular complexity index is 712. The lowest BCUT2D eigenvalue weighted by atomic mass is 10.2. The van der Waals surface area contributed by atoms with E-state index in [1.165, 1.54) is 25.7 Å². The summed E-state index contributed by atoms with van der Waals surface area (Å²) in [6.07, 6.45) is 5.01. The molecule has 1 aliphatic rings. The highest BCUT2D eigenvalue weighted by molar-refractivity contribution is 5.66. The van der Waals surface area contributed by atoms with Crippen LogP contribution in [0.3, 0.4) is 0 Å². The van der Waals surface area contributed by atoms with E-state index in [0.717, 1.165) is 36.2 Å². The van der Waals surface area contributed by atoms with Gasteiger partial charge in [-0.3, -0.25) is 0 Å². The van der Waals surface area contributed by atoms with Crippen molar-refractivity contribution in [3.8, 4) is 6.07 Å². The molecule has 0 bridgehead atoms. The van der Waals surface area contributed by atoms with Crippen molar-refractivity contribution in [2.45, 2.75) is 32.6 Å². The van der Waals surface area contributed by atoms with Gasteiger partial charge in [-0.25, -0.2) is 9.97 Å². The Hall–Kier alpha value is -2.61. The Balaban J connectivity index is 1.87. The monoisotopic (exact) mass is 307 g/mol. The van der Waals surface area contributed by atoms with E-state index in [0.29, 0.717) is 5.56 Å². The maximum absolute atomic E-state index is 9.21. The highest BCUT2D eigenvalue weighted by atomic mass is 15.2. The fourth-order valence-electron chi connectivity index (χ4n) is 2.91. The number of nitriles is 1. The highest BCUT2D eigenvalue weighted by Crippen LogP contribution is 2.23. The Morgan fingerprint density at radius 3 is 2.57 bits per heavy atom. The molecule has 5 heteroatoms. The molecule has 2 heterocycles. The van der Waals surface area contributed by atoms with Crippen molar-refractivity contribution in [1.82, 2.24) is 9.97 Å². The summed E-state index contributed by atoms with van der Waals surface area (Å²) in [5, 5.41) is 12.5. The predicted molar refractivity (Wildman–Crippen MR) is 91.9 cm³/mol. The summed E-state index contributed by atoms with van der Waals surface area (Å²) in [7, 11) is 0. The molecule has 118 valence electrons. The number of aromatic nitrogens is 2. The highest BCUT2D eigenvalue weighted by Gasteiger charge is 2.13. The van der Waals surface area contributed by atoms with Crippen LogP contribution in [0.2, 0.25) is 0 Å². The van der Waals surface area contributed by atoms with Gasteiger partial charge in [-0.2, -0.15) is 5.26 Å². The van der Waals surface area contributed by atoms with Crippen LogP contribution in [0.5, 0.6) is 0 Å². The lowest BCUT2D eigenvalue weighted by Crippen LogP contribution is -2.25. The molecule has 5 nitrogen and oxygen atoms in total. The van der Waals surface area contributed by atoms with E-state index in [-0.39, 0.29) is 0 Å². The van der Waals surface area contributed by atoms with Crippen LogP contribution in [0.4, 0.5) is 17.3 Å². The molecule has 1 aliphatic heterocycles. The number of benzene rings is 1. The summed E-state index contributed by atoms with van der Waals surface area (Å²) in [4.78, 5) is 11.4. The number of anilines is 3. The summed E-state index contributed by atoms with van der Waals surface area (Å²) < 4.78 is 0. The molecule has 0 atom stereocenters. The SMILES string of the molecule is Cc1nc(Nc2ccccc2C#N)cc(N2CCCCCC2)n1. The topological polar surface area (TPSA) is 64.8 Å². The minimum atomic E-state index is 0.611. The summed E-state index contributed by atoms with van der Waals surface area (Å²) in [5.74, 6) is 2.44. The Morgan fingerprint density at radius 1 is 1.09 bits per heavy atom. The number of hydrogen-bond donors (Lipinski definition) is 1. The molecule has 1 fully saturated rings. The molecular formula is C18H21N5. The third kappa shape index (κ3) is 3.78. The number of nitrogens with one attached hydrogen (secondary N) is 1. The molecular weight excluding hydrogens is 286 g/mol. The second-order valence-corrected chi connectivity index (χ2v) is 5.84. The molecule has 2 aromatic rings. The molecule has 0 radical (unpaired) electrons. The zero-order chi connectivity index (χ0) is 16.1. The van der Waals surface area contributed by atoms with Gasteiger partial charge in [0.05, 0.1) is 11.3 Å². The Kier molecular flexibility index (Phi) is 4.72.